The van der Waals surface area contributed by atoms with Crippen LogP contribution in [0.3, 0.4) is 0 Å². The minimum absolute atomic E-state index is 0.0130. The van der Waals surface area contributed by atoms with E-state index in [4.69, 9.17) is 14.5 Å². The van der Waals surface area contributed by atoms with E-state index in [1.165, 1.54) is 31.0 Å². The summed E-state index contributed by atoms with van der Waals surface area (Å²) in [7, 11) is 3.16. The monoisotopic (exact) mass is 412 g/mol. The predicted molar refractivity (Wildman–Crippen MR) is 118 cm³/mol. The van der Waals surface area contributed by atoms with Crippen molar-refractivity contribution in [1.29, 1.82) is 0 Å². The Labute approximate surface area is 176 Å². The fourth-order valence-corrected chi connectivity index (χ4v) is 4.24. The highest BCUT2D eigenvalue weighted by Crippen LogP contribution is 2.29. The third-order valence-corrected chi connectivity index (χ3v) is 5.87. The van der Waals surface area contributed by atoms with Crippen molar-refractivity contribution in [2.24, 2.45) is 0 Å². The van der Waals surface area contributed by atoms with Crippen molar-refractivity contribution in [3.63, 3.8) is 0 Å². The summed E-state index contributed by atoms with van der Waals surface area (Å²) in [6, 6.07) is 13.4. The summed E-state index contributed by atoms with van der Waals surface area (Å²) >= 11 is 1.48. The van der Waals surface area contributed by atoms with Gasteiger partial charge in [0.25, 0.3) is 0 Å². The molecule has 0 aliphatic heterocycles. The van der Waals surface area contributed by atoms with E-state index in [0.29, 0.717) is 22.8 Å². The third kappa shape index (κ3) is 5.12. The van der Waals surface area contributed by atoms with Gasteiger partial charge in [-0.2, -0.15) is 0 Å². The van der Waals surface area contributed by atoms with Crippen molar-refractivity contribution in [3.8, 4) is 11.5 Å². The number of fused-ring (bicyclic) bond motifs is 1. The Hall–Kier alpha value is -2.47. The first-order valence-corrected chi connectivity index (χ1v) is 11.0. The molecule has 0 fully saturated rings. The molecule has 0 aliphatic carbocycles. The van der Waals surface area contributed by atoms with Gasteiger partial charge in [-0.05, 0) is 30.7 Å². The van der Waals surface area contributed by atoms with E-state index in [0.717, 1.165) is 29.2 Å². The Morgan fingerprint density at radius 3 is 2.66 bits per heavy atom. The van der Waals surface area contributed by atoms with E-state index in [1.807, 2.05) is 18.2 Å². The molecule has 2 aromatic carbocycles. The molecular weight excluding hydrogens is 384 g/mol. The summed E-state index contributed by atoms with van der Waals surface area (Å²) in [5.41, 5.74) is 2.66. The van der Waals surface area contributed by atoms with Crippen LogP contribution in [0.1, 0.15) is 43.0 Å². The molecule has 0 atom stereocenters. The van der Waals surface area contributed by atoms with Crippen LogP contribution in [0.25, 0.3) is 11.0 Å². The molecule has 6 heteroatoms. The highest BCUT2D eigenvalue weighted by Gasteiger charge is 2.17. The lowest BCUT2D eigenvalue weighted by molar-refractivity contribution is 0.101. The molecular formula is C23H28N2O3S. The average molecular weight is 413 g/mol. The van der Waals surface area contributed by atoms with Crippen LogP contribution in [-0.4, -0.2) is 35.3 Å². The SMILES string of the molecule is CCCCCCn1c(SCC(=O)c2ccc(OC)cc2OC)nc2ccccc21. The zero-order valence-corrected chi connectivity index (χ0v) is 18.1. The number of para-hydroxylation sites is 2. The second kappa shape index (κ2) is 10.3. The lowest BCUT2D eigenvalue weighted by Crippen LogP contribution is -2.07. The number of thioether (sulfide) groups is 1. The Bertz CT molecular complexity index is 968. The van der Waals surface area contributed by atoms with Gasteiger partial charge in [-0.15, -0.1) is 0 Å². The Kier molecular flexibility index (Phi) is 7.58. The minimum Gasteiger partial charge on any atom is -0.497 e. The number of ketones is 1. The van der Waals surface area contributed by atoms with Gasteiger partial charge in [0.1, 0.15) is 11.5 Å². The Balaban J connectivity index is 1.77. The van der Waals surface area contributed by atoms with Crippen LogP contribution in [-0.2, 0) is 6.54 Å². The lowest BCUT2D eigenvalue weighted by Gasteiger charge is -2.11. The topological polar surface area (TPSA) is 53.4 Å². The van der Waals surface area contributed by atoms with Gasteiger partial charge in [0.2, 0.25) is 0 Å². The summed E-state index contributed by atoms with van der Waals surface area (Å²) in [6.07, 6.45) is 4.77. The molecule has 0 bridgehead atoms. The molecule has 3 aromatic rings. The first-order chi connectivity index (χ1) is 14.2. The average Bonchev–Trinajstić information content (AvgIpc) is 3.12. The fourth-order valence-electron chi connectivity index (χ4n) is 3.31. The van der Waals surface area contributed by atoms with Gasteiger partial charge < -0.3 is 14.0 Å². The van der Waals surface area contributed by atoms with Crippen molar-refractivity contribution in [3.05, 3.63) is 48.0 Å². The van der Waals surface area contributed by atoms with Gasteiger partial charge in [0, 0.05) is 12.6 Å². The number of carbonyl (C=O) groups is 1. The van der Waals surface area contributed by atoms with Crippen molar-refractivity contribution >= 4 is 28.6 Å². The molecule has 0 saturated carbocycles. The number of hydrogen-bond donors (Lipinski definition) is 0. The van der Waals surface area contributed by atoms with Crippen LogP contribution in [0, 0.1) is 0 Å². The number of unbranched alkanes of at least 4 members (excludes halogenated alkanes) is 3. The molecule has 0 radical (unpaired) electrons. The number of Topliss-reactive ketones (excluding diaryl/α,β-unsaturated/α-hetero) is 1. The zero-order valence-electron chi connectivity index (χ0n) is 17.3. The van der Waals surface area contributed by atoms with Gasteiger partial charge in [0.15, 0.2) is 10.9 Å². The van der Waals surface area contributed by atoms with Gasteiger partial charge >= 0.3 is 0 Å². The molecule has 29 heavy (non-hydrogen) atoms. The molecule has 1 heterocycles. The number of aromatic nitrogens is 2. The van der Waals surface area contributed by atoms with Crippen LogP contribution in [0.4, 0.5) is 0 Å². The van der Waals surface area contributed by atoms with Gasteiger partial charge in [0.05, 0.1) is 36.6 Å². The third-order valence-electron chi connectivity index (χ3n) is 4.90. The summed E-state index contributed by atoms with van der Waals surface area (Å²) in [4.78, 5) is 17.6. The van der Waals surface area contributed by atoms with E-state index in [-0.39, 0.29) is 5.78 Å². The molecule has 154 valence electrons. The summed E-state index contributed by atoms with van der Waals surface area (Å²) in [5.74, 6) is 1.52. The molecule has 0 N–H and O–H groups in total. The second-order valence-electron chi connectivity index (χ2n) is 6.87. The van der Waals surface area contributed by atoms with Crippen molar-refractivity contribution in [1.82, 2.24) is 9.55 Å². The highest BCUT2D eigenvalue weighted by molar-refractivity contribution is 7.99. The highest BCUT2D eigenvalue weighted by atomic mass is 32.2. The quantitative estimate of drug-likeness (QED) is 0.233. The van der Waals surface area contributed by atoms with E-state index in [1.54, 1.807) is 32.4 Å². The molecule has 0 amide bonds. The molecule has 1 aromatic heterocycles. The number of ether oxygens (including phenoxy) is 2. The smallest absolute Gasteiger partial charge is 0.176 e. The van der Waals surface area contributed by atoms with Crippen molar-refractivity contribution in [2.45, 2.75) is 44.3 Å². The number of benzene rings is 2. The number of rotatable bonds is 11. The van der Waals surface area contributed by atoms with Crippen LogP contribution >= 0.6 is 11.8 Å². The van der Waals surface area contributed by atoms with Crippen LogP contribution < -0.4 is 9.47 Å². The first kappa shape index (κ1) is 21.2. The zero-order chi connectivity index (χ0) is 20.6. The number of methoxy groups -OCH3 is 2. The van der Waals surface area contributed by atoms with E-state index in [2.05, 4.69) is 17.6 Å². The molecule has 5 nitrogen and oxygen atoms in total. The van der Waals surface area contributed by atoms with Crippen LogP contribution in [0.2, 0.25) is 0 Å². The van der Waals surface area contributed by atoms with Crippen LogP contribution in [0.5, 0.6) is 11.5 Å². The largest absolute Gasteiger partial charge is 0.497 e. The number of hydrogen-bond acceptors (Lipinski definition) is 5. The standard InChI is InChI=1S/C23H28N2O3S/c1-4-5-6-9-14-25-20-11-8-7-10-19(20)24-23(25)29-16-21(26)18-13-12-17(27-2)15-22(18)28-3/h7-8,10-13,15H,4-6,9,14,16H2,1-3H3. The van der Waals surface area contributed by atoms with Gasteiger partial charge in [-0.1, -0.05) is 50.1 Å². The number of nitrogens with zero attached hydrogens (tertiary/aromatic N) is 2. The second-order valence-corrected chi connectivity index (χ2v) is 7.82. The number of aryl methyl sites for hydroxylation is 1. The van der Waals surface area contributed by atoms with Gasteiger partial charge in [-0.3, -0.25) is 4.79 Å². The van der Waals surface area contributed by atoms with E-state index in [9.17, 15) is 4.79 Å². The molecule has 0 aliphatic rings. The molecule has 0 spiro atoms. The minimum atomic E-state index is 0.0130. The van der Waals surface area contributed by atoms with Crippen molar-refractivity contribution in [2.75, 3.05) is 20.0 Å². The van der Waals surface area contributed by atoms with E-state index >= 15 is 0 Å². The first-order valence-electron chi connectivity index (χ1n) is 10.0. The molecule has 0 saturated heterocycles. The molecule has 3 rings (SSSR count). The van der Waals surface area contributed by atoms with E-state index < -0.39 is 0 Å². The van der Waals surface area contributed by atoms with Crippen LogP contribution in [0.15, 0.2) is 47.6 Å². The normalized spacial score (nSPS) is 11.0. The summed E-state index contributed by atoms with van der Waals surface area (Å²) < 4.78 is 12.8. The summed E-state index contributed by atoms with van der Waals surface area (Å²) in [6.45, 7) is 3.13. The Morgan fingerprint density at radius 2 is 1.90 bits per heavy atom. The maximum atomic E-state index is 12.8. The fraction of sp³-hybridized carbons (Fsp3) is 0.391. The Morgan fingerprint density at radius 1 is 1.07 bits per heavy atom. The maximum absolute atomic E-state index is 12.8. The molecule has 0 unspecified atom stereocenters. The number of imidazole rings is 1. The maximum Gasteiger partial charge on any atom is 0.176 e. The number of carbonyl (C=O) groups excluding carboxylic acids is 1. The van der Waals surface area contributed by atoms with Gasteiger partial charge in [-0.25, -0.2) is 4.98 Å². The predicted octanol–water partition coefficient (Wildman–Crippen LogP) is 5.61. The summed E-state index contributed by atoms with van der Waals surface area (Å²) in [5, 5.41) is 0.892. The lowest BCUT2D eigenvalue weighted by atomic mass is 10.1. The van der Waals surface area contributed by atoms with Crippen molar-refractivity contribution < 1.29 is 14.3 Å².